The molecule has 0 aliphatic heterocycles. The summed E-state index contributed by atoms with van der Waals surface area (Å²) in [5.41, 5.74) is 3.73. The van der Waals surface area contributed by atoms with Crippen molar-refractivity contribution in [2.24, 2.45) is 0 Å². The molecule has 5 rings (SSSR count). The van der Waals surface area contributed by atoms with Crippen molar-refractivity contribution in [2.75, 3.05) is 4.84 Å². The average molecular weight is 376 g/mol. The fraction of sp³-hybridized carbons (Fsp3) is 0.0526. The van der Waals surface area contributed by atoms with Crippen molar-refractivity contribution in [2.45, 2.75) is 6.54 Å². The monoisotopic (exact) mass is 375 g/mol. The molecule has 0 saturated carbocycles. The molecule has 27 heavy (non-hydrogen) atoms. The highest BCUT2D eigenvalue weighted by Crippen LogP contribution is 2.23. The van der Waals surface area contributed by atoms with Crippen LogP contribution in [0.15, 0.2) is 67.0 Å². The Morgan fingerprint density at radius 2 is 1.74 bits per heavy atom. The van der Waals surface area contributed by atoms with Crippen LogP contribution in [0.2, 0.25) is 0 Å². The van der Waals surface area contributed by atoms with Gasteiger partial charge < -0.3 is 0 Å². The molecular formula is C19H14ClN7. The standard InChI is InChI=1S/C19H14ClN7/c20-25-19-21-10-13-11-22-26(18(13)24-19)12-17-23-15-8-4-5-9-16(15)27(17)14-6-2-1-3-7-14/h1-11H,12H2,(H,21,24,25). The topological polar surface area (TPSA) is 73.5 Å². The minimum atomic E-state index is 0.336. The van der Waals surface area contributed by atoms with Gasteiger partial charge in [0.1, 0.15) is 12.4 Å². The van der Waals surface area contributed by atoms with E-state index < -0.39 is 0 Å². The second-order valence-corrected chi connectivity index (χ2v) is 6.25. The van der Waals surface area contributed by atoms with Gasteiger partial charge >= 0.3 is 0 Å². The number of halogens is 1. The van der Waals surface area contributed by atoms with Crippen LogP contribution in [-0.4, -0.2) is 29.3 Å². The third kappa shape index (κ3) is 2.69. The summed E-state index contributed by atoms with van der Waals surface area (Å²) in [4.78, 5) is 15.8. The summed E-state index contributed by atoms with van der Waals surface area (Å²) in [7, 11) is 0. The lowest BCUT2D eigenvalue weighted by Crippen LogP contribution is -2.09. The van der Waals surface area contributed by atoms with Gasteiger partial charge in [-0.15, -0.1) is 0 Å². The molecule has 0 spiro atoms. The molecule has 2 aromatic carbocycles. The summed E-state index contributed by atoms with van der Waals surface area (Å²) in [5, 5.41) is 5.30. The molecule has 0 amide bonds. The van der Waals surface area contributed by atoms with Gasteiger partial charge in [0.2, 0.25) is 5.95 Å². The van der Waals surface area contributed by atoms with Crippen molar-refractivity contribution in [3.8, 4) is 5.69 Å². The van der Waals surface area contributed by atoms with Crippen LogP contribution in [0.3, 0.4) is 0 Å². The zero-order valence-electron chi connectivity index (χ0n) is 14.1. The van der Waals surface area contributed by atoms with Crippen molar-refractivity contribution >= 4 is 39.8 Å². The molecule has 0 saturated heterocycles. The predicted molar refractivity (Wildman–Crippen MR) is 105 cm³/mol. The maximum atomic E-state index is 5.64. The van der Waals surface area contributed by atoms with Crippen molar-refractivity contribution in [1.29, 1.82) is 0 Å². The van der Waals surface area contributed by atoms with Gasteiger partial charge in [0.25, 0.3) is 0 Å². The number of para-hydroxylation sites is 3. The van der Waals surface area contributed by atoms with Crippen LogP contribution >= 0.6 is 11.8 Å². The number of hydrogen-bond donors (Lipinski definition) is 1. The molecule has 1 N–H and O–H groups in total. The number of aromatic nitrogens is 6. The molecule has 0 bridgehead atoms. The molecule has 3 heterocycles. The Kier molecular flexibility index (Phi) is 3.72. The van der Waals surface area contributed by atoms with E-state index in [4.69, 9.17) is 16.8 Å². The Bertz CT molecular complexity index is 1240. The zero-order valence-corrected chi connectivity index (χ0v) is 14.9. The first-order chi connectivity index (χ1) is 13.3. The minimum absolute atomic E-state index is 0.336. The molecule has 3 aromatic heterocycles. The molecule has 0 aliphatic carbocycles. The summed E-state index contributed by atoms with van der Waals surface area (Å²) < 4.78 is 3.94. The maximum Gasteiger partial charge on any atom is 0.239 e. The Morgan fingerprint density at radius 1 is 0.926 bits per heavy atom. The molecular weight excluding hydrogens is 362 g/mol. The first kappa shape index (κ1) is 15.8. The van der Waals surface area contributed by atoms with Crippen LogP contribution in [0, 0.1) is 0 Å². The van der Waals surface area contributed by atoms with Crippen LogP contribution in [0.25, 0.3) is 27.8 Å². The summed E-state index contributed by atoms with van der Waals surface area (Å²) >= 11 is 5.64. The van der Waals surface area contributed by atoms with E-state index in [9.17, 15) is 0 Å². The third-order valence-corrected chi connectivity index (χ3v) is 4.57. The highest BCUT2D eigenvalue weighted by Gasteiger charge is 2.15. The summed E-state index contributed by atoms with van der Waals surface area (Å²) in [5.74, 6) is 1.20. The number of imidazole rings is 1. The second kappa shape index (κ2) is 6.37. The van der Waals surface area contributed by atoms with Gasteiger partial charge in [0, 0.05) is 23.7 Å². The molecule has 5 aromatic rings. The number of benzene rings is 2. The van der Waals surface area contributed by atoms with Crippen LogP contribution < -0.4 is 4.84 Å². The van der Waals surface area contributed by atoms with Crippen LogP contribution in [0.4, 0.5) is 5.95 Å². The third-order valence-electron chi connectivity index (χ3n) is 4.40. The van der Waals surface area contributed by atoms with E-state index >= 15 is 0 Å². The van der Waals surface area contributed by atoms with Crippen molar-refractivity contribution in [3.05, 3.63) is 72.8 Å². The fourth-order valence-corrected chi connectivity index (χ4v) is 3.30. The van der Waals surface area contributed by atoms with Crippen molar-refractivity contribution in [1.82, 2.24) is 29.3 Å². The van der Waals surface area contributed by atoms with E-state index in [-0.39, 0.29) is 0 Å². The highest BCUT2D eigenvalue weighted by atomic mass is 35.5. The molecule has 0 radical (unpaired) electrons. The summed E-state index contributed by atoms with van der Waals surface area (Å²) in [6.45, 7) is 0.464. The minimum Gasteiger partial charge on any atom is -0.295 e. The number of rotatable bonds is 4. The largest absolute Gasteiger partial charge is 0.295 e. The van der Waals surface area contributed by atoms with Gasteiger partial charge in [-0.25, -0.2) is 14.6 Å². The first-order valence-corrected chi connectivity index (χ1v) is 8.78. The van der Waals surface area contributed by atoms with Gasteiger partial charge in [-0.1, -0.05) is 30.3 Å². The van der Waals surface area contributed by atoms with E-state index in [2.05, 4.69) is 42.7 Å². The SMILES string of the molecule is ClNc1ncc2cnn(Cc3nc4ccccc4n3-c3ccccc3)c2n1. The summed E-state index contributed by atoms with van der Waals surface area (Å²) in [6, 6.07) is 18.3. The van der Waals surface area contributed by atoms with Crippen LogP contribution in [0.5, 0.6) is 0 Å². The predicted octanol–water partition coefficient (Wildman–Crippen LogP) is 3.78. The molecule has 0 unspecified atom stereocenters. The van der Waals surface area contributed by atoms with Gasteiger partial charge in [-0.2, -0.15) is 10.1 Å². The van der Waals surface area contributed by atoms with Gasteiger partial charge in [0.15, 0.2) is 5.65 Å². The molecule has 0 atom stereocenters. The van der Waals surface area contributed by atoms with Crippen LogP contribution in [-0.2, 0) is 6.54 Å². The number of anilines is 1. The molecule has 7 nitrogen and oxygen atoms in total. The normalized spacial score (nSPS) is 11.3. The fourth-order valence-electron chi connectivity index (χ4n) is 3.21. The number of fused-ring (bicyclic) bond motifs is 2. The van der Waals surface area contributed by atoms with Gasteiger partial charge in [0.05, 0.1) is 22.6 Å². The summed E-state index contributed by atoms with van der Waals surface area (Å²) in [6.07, 6.45) is 3.43. The van der Waals surface area contributed by atoms with Crippen LogP contribution in [0.1, 0.15) is 5.82 Å². The van der Waals surface area contributed by atoms with E-state index in [0.29, 0.717) is 18.1 Å². The molecule has 8 heteroatoms. The Morgan fingerprint density at radius 3 is 2.59 bits per heavy atom. The molecule has 0 fully saturated rings. The number of nitrogens with one attached hydrogen (secondary N) is 1. The molecule has 0 aliphatic rings. The lowest BCUT2D eigenvalue weighted by Gasteiger charge is -2.10. The second-order valence-electron chi connectivity index (χ2n) is 6.06. The average Bonchev–Trinajstić information content (AvgIpc) is 3.29. The van der Waals surface area contributed by atoms with E-state index in [1.807, 2.05) is 36.4 Å². The van der Waals surface area contributed by atoms with Crippen molar-refractivity contribution < 1.29 is 0 Å². The van der Waals surface area contributed by atoms with E-state index in [1.165, 1.54) is 0 Å². The zero-order chi connectivity index (χ0) is 18.2. The Balaban J connectivity index is 1.68. The Labute approximate surface area is 159 Å². The lowest BCUT2D eigenvalue weighted by atomic mass is 10.3. The highest BCUT2D eigenvalue weighted by molar-refractivity contribution is 6.23. The molecule has 132 valence electrons. The number of nitrogens with zero attached hydrogens (tertiary/aromatic N) is 6. The van der Waals surface area contributed by atoms with Gasteiger partial charge in [-0.3, -0.25) is 9.40 Å². The maximum absolute atomic E-state index is 5.64. The van der Waals surface area contributed by atoms with Gasteiger partial charge in [-0.05, 0) is 24.3 Å². The van der Waals surface area contributed by atoms with E-state index in [1.54, 1.807) is 17.1 Å². The number of hydrogen-bond acceptors (Lipinski definition) is 5. The first-order valence-electron chi connectivity index (χ1n) is 8.40. The van der Waals surface area contributed by atoms with Crippen molar-refractivity contribution in [3.63, 3.8) is 0 Å². The van der Waals surface area contributed by atoms with E-state index in [0.717, 1.165) is 27.9 Å². The quantitative estimate of drug-likeness (QED) is 0.484. The Hall–Kier alpha value is -3.45. The lowest BCUT2D eigenvalue weighted by molar-refractivity contribution is 0.665. The smallest absolute Gasteiger partial charge is 0.239 e.